The van der Waals surface area contributed by atoms with Crippen molar-refractivity contribution in [2.75, 3.05) is 12.4 Å². The zero-order valence-electron chi connectivity index (χ0n) is 16.9. The Morgan fingerprint density at radius 3 is 2.69 bits per heavy atom. The lowest BCUT2D eigenvalue weighted by atomic mass is 10.1. The lowest BCUT2D eigenvalue weighted by molar-refractivity contribution is -0.114. The second kappa shape index (κ2) is 8.26. The van der Waals surface area contributed by atoms with Crippen LogP contribution in [0.15, 0.2) is 47.5 Å². The van der Waals surface area contributed by atoms with Gasteiger partial charge >= 0.3 is 0 Å². The van der Waals surface area contributed by atoms with Gasteiger partial charge in [0.1, 0.15) is 5.75 Å². The predicted octanol–water partition coefficient (Wildman–Crippen LogP) is 3.35. The van der Waals surface area contributed by atoms with Crippen LogP contribution in [0.5, 0.6) is 5.75 Å². The Balaban J connectivity index is 1.81. The number of methoxy groups -OCH3 is 1. The molecule has 1 aromatic heterocycles. The number of ether oxygens (including phenoxy) is 1. The number of nitrogens with one attached hydrogen (secondary N) is 3. The molecular weight excluding hydrogens is 390 g/mol. The van der Waals surface area contributed by atoms with Gasteiger partial charge in [0, 0.05) is 30.1 Å². The summed E-state index contributed by atoms with van der Waals surface area (Å²) in [6, 6.07) is 10.1. The maximum atomic E-state index is 12.9. The number of sulfonamides is 1. The van der Waals surface area contributed by atoms with Crippen molar-refractivity contribution in [3.8, 4) is 5.75 Å². The number of fused-ring (bicyclic) bond motifs is 1. The fourth-order valence-corrected chi connectivity index (χ4v) is 4.65. The summed E-state index contributed by atoms with van der Waals surface area (Å²) in [6.45, 7) is 5.21. The van der Waals surface area contributed by atoms with Gasteiger partial charge in [0.2, 0.25) is 15.9 Å². The van der Waals surface area contributed by atoms with Gasteiger partial charge in [-0.1, -0.05) is 18.2 Å². The molecule has 154 valence electrons. The Bertz CT molecular complexity index is 1150. The lowest BCUT2D eigenvalue weighted by Crippen LogP contribution is -2.34. The molecule has 0 aliphatic carbocycles. The number of rotatable bonds is 7. The van der Waals surface area contributed by atoms with Gasteiger partial charge in [0.25, 0.3) is 0 Å². The van der Waals surface area contributed by atoms with Crippen molar-refractivity contribution in [3.05, 3.63) is 53.7 Å². The van der Waals surface area contributed by atoms with Crippen molar-refractivity contribution in [1.29, 1.82) is 0 Å². The number of benzene rings is 2. The standard InChI is InChI=1S/C21H25N3O4S/c1-13-6-5-7-18-16(12-22-21(13)18)10-14(2)24-29(26,27)17-8-9-20(28-4)19(11-17)23-15(3)25/h5-9,11-12,14,22,24H,10H2,1-4H3,(H,23,25)/t14-/m0/s1. The molecule has 0 saturated carbocycles. The van der Waals surface area contributed by atoms with Crippen LogP contribution in [-0.4, -0.2) is 32.5 Å². The number of carbonyl (C=O) groups excluding carboxylic acids is 1. The molecule has 3 N–H and O–H groups in total. The van der Waals surface area contributed by atoms with E-state index < -0.39 is 10.0 Å². The maximum absolute atomic E-state index is 12.9. The predicted molar refractivity (Wildman–Crippen MR) is 114 cm³/mol. The summed E-state index contributed by atoms with van der Waals surface area (Å²) >= 11 is 0. The van der Waals surface area contributed by atoms with E-state index in [4.69, 9.17) is 4.74 Å². The Hall–Kier alpha value is -2.84. The summed E-state index contributed by atoms with van der Waals surface area (Å²) in [5.74, 6) is 0.0789. The van der Waals surface area contributed by atoms with Crippen LogP contribution < -0.4 is 14.8 Å². The molecule has 0 bridgehead atoms. The number of hydrogen-bond donors (Lipinski definition) is 3. The second-order valence-electron chi connectivity index (χ2n) is 7.08. The van der Waals surface area contributed by atoms with Gasteiger partial charge in [-0.05, 0) is 49.6 Å². The number of aromatic amines is 1. The van der Waals surface area contributed by atoms with Crippen LogP contribution in [0, 0.1) is 6.92 Å². The number of para-hydroxylation sites is 1. The van der Waals surface area contributed by atoms with E-state index >= 15 is 0 Å². The minimum Gasteiger partial charge on any atom is -0.495 e. The highest BCUT2D eigenvalue weighted by Gasteiger charge is 2.20. The van der Waals surface area contributed by atoms with Gasteiger partial charge in [-0.25, -0.2) is 13.1 Å². The van der Waals surface area contributed by atoms with Gasteiger partial charge in [0.15, 0.2) is 0 Å². The SMILES string of the molecule is COc1ccc(S(=O)(=O)N[C@@H](C)Cc2c[nH]c3c(C)cccc23)cc1NC(C)=O. The smallest absolute Gasteiger partial charge is 0.240 e. The van der Waals surface area contributed by atoms with Crippen LogP contribution >= 0.6 is 0 Å². The first-order valence-electron chi connectivity index (χ1n) is 9.25. The van der Waals surface area contributed by atoms with Crippen molar-refractivity contribution in [1.82, 2.24) is 9.71 Å². The highest BCUT2D eigenvalue weighted by molar-refractivity contribution is 7.89. The summed E-state index contributed by atoms with van der Waals surface area (Å²) in [5.41, 5.74) is 3.56. The fourth-order valence-electron chi connectivity index (χ4n) is 3.38. The Morgan fingerprint density at radius 2 is 2.00 bits per heavy atom. The molecule has 0 unspecified atom stereocenters. The summed E-state index contributed by atoms with van der Waals surface area (Å²) in [7, 11) is -2.32. The van der Waals surface area contributed by atoms with E-state index in [2.05, 4.69) is 15.0 Å². The van der Waals surface area contributed by atoms with Crippen molar-refractivity contribution >= 4 is 32.5 Å². The molecule has 2 aromatic carbocycles. The van der Waals surface area contributed by atoms with Crippen molar-refractivity contribution in [2.45, 2.75) is 38.1 Å². The summed E-state index contributed by atoms with van der Waals surface area (Å²) in [6.07, 6.45) is 2.46. The average Bonchev–Trinajstić information content (AvgIpc) is 3.05. The van der Waals surface area contributed by atoms with Crippen molar-refractivity contribution in [2.24, 2.45) is 0 Å². The monoisotopic (exact) mass is 415 g/mol. The third kappa shape index (κ3) is 4.60. The van der Waals surface area contributed by atoms with Crippen LogP contribution in [0.2, 0.25) is 0 Å². The van der Waals surface area contributed by atoms with E-state index in [1.54, 1.807) is 0 Å². The van der Waals surface area contributed by atoms with E-state index in [1.165, 1.54) is 32.2 Å². The number of amides is 1. The maximum Gasteiger partial charge on any atom is 0.240 e. The van der Waals surface area contributed by atoms with Crippen LogP contribution in [0.4, 0.5) is 5.69 Å². The van der Waals surface area contributed by atoms with Crippen molar-refractivity contribution < 1.29 is 17.9 Å². The van der Waals surface area contributed by atoms with Crippen LogP contribution in [0.1, 0.15) is 25.0 Å². The lowest BCUT2D eigenvalue weighted by Gasteiger charge is -2.16. The summed E-state index contributed by atoms with van der Waals surface area (Å²) in [4.78, 5) is 14.7. The molecule has 1 atom stereocenters. The van der Waals surface area contributed by atoms with E-state index in [1.807, 2.05) is 38.2 Å². The number of carbonyl (C=O) groups is 1. The molecule has 8 heteroatoms. The Labute approximate surface area is 170 Å². The van der Waals surface area contributed by atoms with E-state index in [0.717, 1.165) is 22.0 Å². The molecular formula is C21H25N3O4S. The topological polar surface area (TPSA) is 100 Å². The molecule has 3 aromatic rings. The highest BCUT2D eigenvalue weighted by Crippen LogP contribution is 2.28. The van der Waals surface area contributed by atoms with Crippen LogP contribution in [0.25, 0.3) is 10.9 Å². The minimum atomic E-state index is -3.77. The van der Waals surface area contributed by atoms with E-state index in [0.29, 0.717) is 17.9 Å². The third-order valence-corrected chi connectivity index (χ3v) is 6.27. The zero-order valence-corrected chi connectivity index (χ0v) is 17.7. The number of aromatic nitrogens is 1. The first-order valence-corrected chi connectivity index (χ1v) is 10.7. The molecule has 3 rings (SSSR count). The largest absolute Gasteiger partial charge is 0.495 e. The third-order valence-electron chi connectivity index (χ3n) is 4.68. The van der Waals surface area contributed by atoms with E-state index in [-0.39, 0.29) is 16.8 Å². The van der Waals surface area contributed by atoms with Crippen molar-refractivity contribution in [3.63, 3.8) is 0 Å². The van der Waals surface area contributed by atoms with E-state index in [9.17, 15) is 13.2 Å². The normalized spacial score (nSPS) is 12.7. The molecule has 29 heavy (non-hydrogen) atoms. The van der Waals surface area contributed by atoms with Gasteiger partial charge in [-0.15, -0.1) is 0 Å². The zero-order chi connectivity index (χ0) is 21.2. The molecule has 0 aliphatic heterocycles. The fraction of sp³-hybridized carbons (Fsp3) is 0.286. The molecule has 0 saturated heterocycles. The Kier molecular flexibility index (Phi) is 5.95. The Morgan fingerprint density at radius 1 is 1.24 bits per heavy atom. The van der Waals surface area contributed by atoms with Gasteiger partial charge in [-0.3, -0.25) is 4.79 Å². The molecule has 7 nitrogen and oxygen atoms in total. The van der Waals surface area contributed by atoms with Crippen LogP contribution in [-0.2, 0) is 21.2 Å². The van der Waals surface area contributed by atoms with Gasteiger partial charge in [-0.2, -0.15) is 0 Å². The first-order chi connectivity index (χ1) is 13.7. The average molecular weight is 416 g/mol. The summed E-state index contributed by atoms with van der Waals surface area (Å²) < 4.78 is 33.6. The number of hydrogen-bond acceptors (Lipinski definition) is 4. The second-order valence-corrected chi connectivity index (χ2v) is 8.80. The van der Waals surface area contributed by atoms with Gasteiger partial charge in [0.05, 0.1) is 17.7 Å². The molecule has 1 heterocycles. The quantitative estimate of drug-likeness (QED) is 0.551. The number of anilines is 1. The molecule has 0 aliphatic rings. The highest BCUT2D eigenvalue weighted by atomic mass is 32.2. The molecule has 0 spiro atoms. The number of H-pyrrole nitrogens is 1. The van der Waals surface area contributed by atoms with Gasteiger partial charge < -0.3 is 15.0 Å². The van der Waals surface area contributed by atoms with Crippen LogP contribution in [0.3, 0.4) is 0 Å². The molecule has 0 fully saturated rings. The number of aryl methyl sites for hydroxylation is 1. The summed E-state index contributed by atoms with van der Waals surface area (Å²) in [5, 5.41) is 3.68. The molecule has 0 radical (unpaired) electrons. The minimum absolute atomic E-state index is 0.0590. The molecule has 1 amide bonds. The first kappa shape index (κ1) is 20.9.